The average Bonchev–Trinajstić information content (AvgIpc) is 3.69. The Hall–Kier alpha value is -5.04. The second-order valence-electron chi connectivity index (χ2n) is 11.1. The van der Waals surface area contributed by atoms with Crippen LogP contribution in [0.5, 0.6) is 0 Å². The molecule has 0 radical (unpaired) electrons. The molecule has 13 nitrogen and oxygen atoms in total. The number of imidazole rings is 1. The van der Waals surface area contributed by atoms with E-state index in [1.165, 1.54) is 6.92 Å². The third kappa shape index (κ3) is 8.32. The standard InChI is InChI=1S/C32H37N7O6/c1-19(40)28-31(44)33-16-8-7-13-23(36-27(41)15-14-26-34-21-11-5-6-12-22(21)35-26)29(42)37-24(17-20-9-3-2-4-10-20)32-38-25(18-45-32)30(43)39-28/h2-6,9-12,18-19,23-24,28,40H,7-8,13-17H2,1H3,(H,33,44)(H,34,35)(H,36,41)(H,37,42)(H,39,43)/t19-,23+,24+,28+/m1/s1. The van der Waals surface area contributed by atoms with Gasteiger partial charge in [-0.1, -0.05) is 42.5 Å². The molecular formula is C32H37N7O6. The summed E-state index contributed by atoms with van der Waals surface area (Å²) in [4.78, 5) is 64.5. The minimum absolute atomic E-state index is 0.0810. The number of nitrogens with zero attached hydrogens (tertiary/aromatic N) is 2. The van der Waals surface area contributed by atoms with E-state index < -0.39 is 42.0 Å². The number of fused-ring (bicyclic) bond motifs is 3. The van der Waals surface area contributed by atoms with Crippen LogP contribution in [0.15, 0.2) is 65.3 Å². The Morgan fingerprint density at radius 1 is 1.02 bits per heavy atom. The number of benzene rings is 2. The third-order valence-corrected chi connectivity index (χ3v) is 7.60. The van der Waals surface area contributed by atoms with Crippen molar-refractivity contribution < 1.29 is 28.7 Å². The molecule has 1 aliphatic rings. The summed E-state index contributed by atoms with van der Waals surface area (Å²) in [5.41, 5.74) is 2.47. The summed E-state index contributed by atoms with van der Waals surface area (Å²) in [6, 6.07) is 14.2. The van der Waals surface area contributed by atoms with Gasteiger partial charge in [-0.15, -0.1) is 0 Å². The molecule has 0 fully saturated rings. The maximum atomic E-state index is 13.7. The van der Waals surface area contributed by atoms with Gasteiger partial charge in [-0.05, 0) is 43.9 Å². The van der Waals surface area contributed by atoms with Crippen molar-refractivity contribution in [3.8, 4) is 0 Å². The molecule has 0 saturated carbocycles. The van der Waals surface area contributed by atoms with Crippen molar-refractivity contribution in [3.05, 3.63) is 83.8 Å². The fraction of sp³-hybridized carbons (Fsp3) is 0.375. The Bertz CT molecular complexity index is 1600. The molecule has 4 atom stereocenters. The number of aliphatic hydroxyl groups is 1. The molecule has 0 aliphatic carbocycles. The highest BCUT2D eigenvalue weighted by Gasteiger charge is 2.30. The summed E-state index contributed by atoms with van der Waals surface area (Å²) in [7, 11) is 0. The number of carbonyl (C=O) groups is 4. The number of rotatable bonds is 7. The van der Waals surface area contributed by atoms with Crippen molar-refractivity contribution >= 4 is 34.7 Å². The molecule has 0 unspecified atom stereocenters. The smallest absolute Gasteiger partial charge is 0.273 e. The molecule has 2 aromatic carbocycles. The van der Waals surface area contributed by atoms with Gasteiger partial charge in [0, 0.05) is 25.8 Å². The number of amides is 4. The number of aromatic nitrogens is 3. The average molecular weight is 616 g/mol. The number of para-hydroxylation sites is 2. The molecule has 4 aromatic rings. The van der Waals surface area contributed by atoms with Crippen molar-refractivity contribution in [2.24, 2.45) is 0 Å². The maximum Gasteiger partial charge on any atom is 0.273 e. The van der Waals surface area contributed by atoms with E-state index in [2.05, 4.69) is 36.2 Å². The zero-order chi connectivity index (χ0) is 31.8. The zero-order valence-corrected chi connectivity index (χ0v) is 24.9. The number of hydrogen-bond donors (Lipinski definition) is 6. The normalized spacial score (nSPS) is 20.6. The first-order valence-corrected chi connectivity index (χ1v) is 15.1. The van der Waals surface area contributed by atoms with Gasteiger partial charge in [0.05, 0.1) is 17.1 Å². The first kappa shape index (κ1) is 31.4. The highest BCUT2D eigenvalue weighted by molar-refractivity contribution is 5.96. The monoisotopic (exact) mass is 615 g/mol. The largest absolute Gasteiger partial charge is 0.446 e. The van der Waals surface area contributed by atoms with E-state index in [1.807, 2.05) is 54.6 Å². The lowest BCUT2D eigenvalue weighted by atomic mass is 10.0. The predicted molar refractivity (Wildman–Crippen MR) is 164 cm³/mol. The highest BCUT2D eigenvalue weighted by Crippen LogP contribution is 2.20. The van der Waals surface area contributed by atoms with E-state index >= 15 is 0 Å². The lowest BCUT2D eigenvalue weighted by Gasteiger charge is -2.23. The van der Waals surface area contributed by atoms with E-state index in [4.69, 9.17) is 4.42 Å². The summed E-state index contributed by atoms with van der Waals surface area (Å²) in [5, 5.41) is 21.2. The van der Waals surface area contributed by atoms with Crippen molar-refractivity contribution in [3.63, 3.8) is 0 Å². The van der Waals surface area contributed by atoms with Gasteiger partial charge < -0.3 is 35.8 Å². The molecule has 45 heavy (non-hydrogen) atoms. The van der Waals surface area contributed by atoms with Crippen LogP contribution in [-0.2, 0) is 27.2 Å². The molecule has 2 aromatic heterocycles. The number of carbonyl (C=O) groups excluding carboxylic acids is 4. The van der Waals surface area contributed by atoms with E-state index in [9.17, 15) is 24.3 Å². The van der Waals surface area contributed by atoms with Crippen molar-refractivity contribution in [1.29, 1.82) is 0 Å². The first-order valence-electron chi connectivity index (χ1n) is 15.1. The van der Waals surface area contributed by atoms with Crippen molar-refractivity contribution in [1.82, 2.24) is 36.2 Å². The van der Waals surface area contributed by atoms with Gasteiger partial charge in [-0.25, -0.2) is 9.97 Å². The second kappa shape index (κ2) is 14.6. The van der Waals surface area contributed by atoms with Gasteiger partial charge in [0.1, 0.15) is 30.2 Å². The summed E-state index contributed by atoms with van der Waals surface area (Å²) < 4.78 is 5.65. The van der Waals surface area contributed by atoms with Crippen LogP contribution in [0.1, 0.15) is 66.4 Å². The summed E-state index contributed by atoms with van der Waals surface area (Å²) >= 11 is 0. The SMILES string of the molecule is C[C@@H](O)[C@@H]1NC(=O)c2coc(n2)[C@H](Cc2ccccc2)NC(=O)[C@@H](NC(=O)CCc2nc3ccccc3[nH]2)CCCCNC1=O. The van der Waals surface area contributed by atoms with Crippen molar-refractivity contribution in [2.45, 2.75) is 69.7 Å². The molecule has 0 spiro atoms. The Kier molecular flexibility index (Phi) is 10.2. The number of hydrogen-bond acceptors (Lipinski definition) is 8. The molecule has 5 rings (SSSR count). The van der Waals surface area contributed by atoms with E-state index in [0.29, 0.717) is 37.9 Å². The lowest BCUT2D eigenvalue weighted by molar-refractivity contribution is -0.129. The highest BCUT2D eigenvalue weighted by atomic mass is 16.3. The van der Waals surface area contributed by atoms with Crippen LogP contribution >= 0.6 is 0 Å². The quantitative estimate of drug-likeness (QED) is 0.181. The van der Waals surface area contributed by atoms with Gasteiger partial charge in [-0.2, -0.15) is 0 Å². The molecule has 4 amide bonds. The van der Waals surface area contributed by atoms with Gasteiger partial charge in [0.15, 0.2) is 5.69 Å². The number of aliphatic hydroxyl groups excluding tert-OH is 1. The van der Waals surface area contributed by atoms with E-state index in [1.54, 1.807) is 0 Å². The molecular weight excluding hydrogens is 578 g/mol. The Morgan fingerprint density at radius 2 is 1.80 bits per heavy atom. The van der Waals surface area contributed by atoms with Crippen molar-refractivity contribution in [2.75, 3.05) is 6.54 Å². The van der Waals surface area contributed by atoms with Crippen LogP contribution in [0.4, 0.5) is 0 Å². The van der Waals surface area contributed by atoms with Crippen LogP contribution in [0.25, 0.3) is 11.0 Å². The van der Waals surface area contributed by atoms with Crippen LogP contribution in [0.3, 0.4) is 0 Å². The minimum atomic E-state index is -1.20. The topological polar surface area (TPSA) is 191 Å². The second-order valence-corrected chi connectivity index (χ2v) is 11.1. The van der Waals surface area contributed by atoms with E-state index in [0.717, 1.165) is 22.9 Å². The maximum absolute atomic E-state index is 13.7. The number of aromatic amines is 1. The van der Waals surface area contributed by atoms with Crippen LogP contribution in [-0.4, -0.2) is 68.4 Å². The summed E-state index contributed by atoms with van der Waals surface area (Å²) in [5.74, 6) is -1.25. The van der Waals surface area contributed by atoms with E-state index in [-0.39, 0.29) is 30.5 Å². The first-order chi connectivity index (χ1) is 21.8. The lowest BCUT2D eigenvalue weighted by Crippen LogP contribution is -2.52. The molecule has 13 heteroatoms. The molecule has 0 saturated heterocycles. The van der Waals surface area contributed by atoms with Gasteiger partial charge >= 0.3 is 0 Å². The fourth-order valence-electron chi connectivity index (χ4n) is 5.18. The molecule has 3 heterocycles. The Balaban J connectivity index is 1.35. The van der Waals surface area contributed by atoms with Gasteiger partial charge in [0.25, 0.3) is 5.91 Å². The number of H-pyrrole nitrogens is 1. The third-order valence-electron chi connectivity index (χ3n) is 7.60. The van der Waals surface area contributed by atoms with Crippen LogP contribution in [0, 0.1) is 0 Å². The Morgan fingerprint density at radius 3 is 2.58 bits per heavy atom. The van der Waals surface area contributed by atoms with Gasteiger partial charge in [-0.3, -0.25) is 19.2 Å². The summed E-state index contributed by atoms with van der Waals surface area (Å²) in [6.07, 6.45) is 2.07. The summed E-state index contributed by atoms with van der Waals surface area (Å²) in [6.45, 7) is 1.65. The molecule has 2 bridgehead atoms. The number of aryl methyl sites for hydroxylation is 1. The zero-order valence-electron chi connectivity index (χ0n) is 24.9. The fourth-order valence-corrected chi connectivity index (χ4v) is 5.18. The molecule has 236 valence electrons. The van der Waals surface area contributed by atoms with Gasteiger partial charge in [0.2, 0.25) is 23.6 Å². The minimum Gasteiger partial charge on any atom is -0.446 e. The Labute approximate surface area is 259 Å². The number of nitrogens with one attached hydrogen (secondary N) is 5. The van der Waals surface area contributed by atoms with Crippen LogP contribution < -0.4 is 21.3 Å². The molecule has 1 aliphatic heterocycles. The predicted octanol–water partition coefficient (Wildman–Crippen LogP) is 1.85. The van der Waals surface area contributed by atoms with Crippen LogP contribution in [0.2, 0.25) is 0 Å². The number of oxazole rings is 1. The molecule has 6 N–H and O–H groups in total.